The number of rotatable bonds is 10. The Morgan fingerprint density at radius 2 is 1.85 bits per heavy atom. The van der Waals surface area contributed by atoms with Crippen LogP contribution in [0.5, 0.6) is 0 Å². The van der Waals surface area contributed by atoms with E-state index in [-0.39, 0.29) is 17.6 Å². The van der Waals surface area contributed by atoms with E-state index in [0.717, 1.165) is 85.3 Å². The SMILES string of the molecule is COCCCN1CCN(c2cncc(-c3cn(-c4cc(CC(=O)c5ccc(C(C)(C)C)o5)ccc4C)nn3)c2)CC1. The van der Waals surface area contributed by atoms with Crippen molar-refractivity contribution in [1.82, 2.24) is 24.9 Å². The zero-order valence-electron chi connectivity index (χ0n) is 24.8. The Bertz CT molecular complexity index is 1480. The maximum absolute atomic E-state index is 13.0. The van der Waals surface area contributed by atoms with Crippen molar-refractivity contribution in [3.8, 4) is 16.9 Å². The minimum absolute atomic E-state index is 0.0479. The van der Waals surface area contributed by atoms with E-state index >= 15 is 0 Å². The molecule has 1 fully saturated rings. The summed E-state index contributed by atoms with van der Waals surface area (Å²) in [4.78, 5) is 22.3. The first-order chi connectivity index (χ1) is 19.7. The maximum atomic E-state index is 13.0. The van der Waals surface area contributed by atoms with Gasteiger partial charge in [0.25, 0.3) is 0 Å². The molecule has 1 aromatic carbocycles. The van der Waals surface area contributed by atoms with E-state index in [0.29, 0.717) is 5.76 Å². The van der Waals surface area contributed by atoms with E-state index < -0.39 is 0 Å². The smallest absolute Gasteiger partial charge is 0.202 e. The molecule has 9 nitrogen and oxygen atoms in total. The summed E-state index contributed by atoms with van der Waals surface area (Å²) in [7, 11) is 1.75. The van der Waals surface area contributed by atoms with Crippen molar-refractivity contribution in [3.63, 3.8) is 0 Å². The average molecular weight is 557 g/mol. The minimum atomic E-state index is -0.144. The van der Waals surface area contributed by atoms with Gasteiger partial charge in [0.1, 0.15) is 11.5 Å². The van der Waals surface area contributed by atoms with Gasteiger partial charge in [-0.1, -0.05) is 38.1 Å². The molecule has 4 aromatic rings. The van der Waals surface area contributed by atoms with Gasteiger partial charge in [-0.25, -0.2) is 4.68 Å². The molecule has 0 spiro atoms. The van der Waals surface area contributed by atoms with Crippen molar-refractivity contribution in [2.24, 2.45) is 0 Å². The number of aromatic nitrogens is 4. The summed E-state index contributed by atoms with van der Waals surface area (Å²) in [5.74, 6) is 1.15. The van der Waals surface area contributed by atoms with Crippen LogP contribution < -0.4 is 4.90 Å². The van der Waals surface area contributed by atoms with Crippen LogP contribution in [-0.4, -0.2) is 77.1 Å². The Labute approximate surface area is 242 Å². The topological polar surface area (TPSA) is 89.5 Å². The largest absolute Gasteiger partial charge is 0.457 e. The lowest BCUT2D eigenvalue weighted by Crippen LogP contribution is -2.46. The minimum Gasteiger partial charge on any atom is -0.457 e. The molecule has 0 unspecified atom stereocenters. The second-order valence-corrected chi connectivity index (χ2v) is 11.8. The van der Waals surface area contributed by atoms with Gasteiger partial charge in [0, 0.05) is 70.0 Å². The number of hydrogen-bond donors (Lipinski definition) is 0. The summed E-state index contributed by atoms with van der Waals surface area (Å²) in [5, 5.41) is 8.89. The maximum Gasteiger partial charge on any atom is 0.202 e. The molecule has 0 atom stereocenters. The van der Waals surface area contributed by atoms with Crippen LogP contribution in [-0.2, 0) is 16.6 Å². The molecule has 1 aliphatic rings. The highest BCUT2D eigenvalue weighted by Crippen LogP contribution is 2.27. The monoisotopic (exact) mass is 556 g/mol. The molecular formula is C32H40N6O3. The first-order valence-corrected chi connectivity index (χ1v) is 14.3. The summed E-state index contributed by atoms with van der Waals surface area (Å²) in [6.07, 6.45) is 6.98. The number of furan rings is 1. The van der Waals surface area contributed by atoms with Crippen LogP contribution in [0.3, 0.4) is 0 Å². The van der Waals surface area contributed by atoms with Crippen molar-refractivity contribution in [3.05, 3.63) is 77.6 Å². The number of piperazine rings is 1. The van der Waals surface area contributed by atoms with Crippen LogP contribution in [0.25, 0.3) is 16.9 Å². The first-order valence-electron chi connectivity index (χ1n) is 14.3. The molecule has 0 bridgehead atoms. The summed E-state index contributed by atoms with van der Waals surface area (Å²) in [6.45, 7) is 14.1. The molecule has 0 saturated carbocycles. The normalized spacial score (nSPS) is 14.5. The number of aryl methyl sites for hydroxylation is 1. The van der Waals surface area contributed by atoms with Crippen LogP contribution in [0.4, 0.5) is 5.69 Å². The van der Waals surface area contributed by atoms with Gasteiger partial charge in [0.2, 0.25) is 5.78 Å². The molecule has 0 radical (unpaired) electrons. The highest BCUT2D eigenvalue weighted by Gasteiger charge is 2.21. The van der Waals surface area contributed by atoms with Crippen LogP contribution in [0.1, 0.15) is 54.6 Å². The number of carbonyl (C=O) groups is 1. The second kappa shape index (κ2) is 12.4. The number of Topliss-reactive ketones (excluding diaryl/α,β-unsaturated/α-hetero) is 1. The van der Waals surface area contributed by atoms with Crippen molar-refractivity contribution in [2.45, 2.75) is 46.0 Å². The molecule has 1 aliphatic heterocycles. The van der Waals surface area contributed by atoms with Gasteiger partial charge < -0.3 is 14.1 Å². The molecule has 216 valence electrons. The van der Waals surface area contributed by atoms with Crippen molar-refractivity contribution in [2.75, 3.05) is 51.3 Å². The number of ether oxygens (including phenoxy) is 1. The highest BCUT2D eigenvalue weighted by atomic mass is 16.5. The summed E-state index contributed by atoms with van der Waals surface area (Å²) < 4.78 is 12.8. The number of carbonyl (C=O) groups excluding carboxylic acids is 1. The molecule has 5 rings (SSSR count). The molecule has 41 heavy (non-hydrogen) atoms. The van der Waals surface area contributed by atoms with Crippen molar-refractivity contribution < 1.29 is 13.9 Å². The lowest BCUT2D eigenvalue weighted by Gasteiger charge is -2.36. The van der Waals surface area contributed by atoms with E-state index in [1.165, 1.54) is 0 Å². The van der Waals surface area contributed by atoms with Crippen LogP contribution in [0, 0.1) is 6.92 Å². The van der Waals surface area contributed by atoms with E-state index in [2.05, 4.69) is 51.9 Å². The number of benzene rings is 1. The highest BCUT2D eigenvalue weighted by molar-refractivity contribution is 5.95. The number of anilines is 1. The Hall–Kier alpha value is -3.82. The molecule has 4 heterocycles. The van der Waals surface area contributed by atoms with E-state index in [1.54, 1.807) is 17.9 Å². The molecular weight excluding hydrogens is 516 g/mol. The molecule has 0 aliphatic carbocycles. The third-order valence-corrected chi connectivity index (χ3v) is 7.58. The quantitative estimate of drug-likeness (QED) is 0.197. The molecule has 0 amide bonds. The number of ketones is 1. The molecule has 9 heteroatoms. The summed E-state index contributed by atoms with van der Waals surface area (Å²) in [5.41, 5.74) is 5.45. The molecule has 0 N–H and O–H groups in total. The lowest BCUT2D eigenvalue weighted by atomic mass is 9.94. The first kappa shape index (κ1) is 28.7. The summed E-state index contributed by atoms with van der Waals surface area (Å²) >= 11 is 0. The van der Waals surface area contributed by atoms with Gasteiger partial charge in [0.15, 0.2) is 5.76 Å². The molecule has 1 saturated heterocycles. The third-order valence-electron chi connectivity index (χ3n) is 7.58. The lowest BCUT2D eigenvalue weighted by molar-refractivity contribution is 0.0963. The van der Waals surface area contributed by atoms with E-state index in [4.69, 9.17) is 9.15 Å². The second-order valence-electron chi connectivity index (χ2n) is 11.8. The fourth-order valence-corrected chi connectivity index (χ4v) is 5.09. The summed E-state index contributed by atoms with van der Waals surface area (Å²) in [6, 6.07) is 11.8. The van der Waals surface area contributed by atoms with Crippen LogP contribution >= 0.6 is 0 Å². The van der Waals surface area contributed by atoms with E-state index in [9.17, 15) is 4.79 Å². The number of methoxy groups -OCH3 is 1. The number of pyridine rings is 1. The van der Waals surface area contributed by atoms with Crippen molar-refractivity contribution >= 4 is 11.5 Å². The van der Waals surface area contributed by atoms with Crippen LogP contribution in [0.15, 0.2) is 59.4 Å². The van der Waals surface area contributed by atoms with Crippen LogP contribution in [0.2, 0.25) is 0 Å². The Kier molecular flexibility index (Phi) is 8.65. The Morgan fingerprint density at radius 1 is 1.05 bits per heavy atom. The zero-order chi connectivity index (χ0) is 29.0. The zero-order valence-corrected chi connectivity index (χ0v) is 24.8. The van der Waals surface area contributed by atoms with Gasteiger partial charge in [-0.05, 0) is 48.7 Å². The fraction of sp³-hybridized carbons (Fsp3) is 0.438. The van der Waals surface area contributed by atoms with Gasteiger partial charge in [-0.2, -0.15) is 0 Å². The van der Waals surface area contributed by atoms with E-state index in [1.807, 2.05) is 49.8 Å². The number of hydrogen-bond acceptors (Lipinski definition) is 8. The number of nitrogens with zero attached hydrogens (tertiary/aromatic N) is 6. The van der Waals surface area contributed by atoms with Gasteiger partial charge in [-0.3, -0.25) is 14.7 Å². The van der Waals surface area contributed by atoms with Gasteiger partial charge in [0.05, 0.1) is 23.8 Å². The Balaban J connectivity index is 1.27. The predicted molar refractivity (Wildman–Crippen MR) is 160 cm³/mol. The van der Waals surface area contributed by atoms with Gasteiger partial charge in [-0.15, -0.1) is 5.10 Å². The standard InChI is InChI=1S/C32H40N6O3/c1-23-7-8-24(18-29(39)30-9-10-31(41-30)32(2,3)4)17-28(23)38-22-27(34-35-38)25-19-26(21-33-20-25)37-14-12-36(13-15-37)11-6-16-40-5/h7-10,17,19-22H,6,11-16,18H2,1-5H3. The van der Waals surface area contributed by atoms with Crippen molar-refractivity contribution in [1.29, 1.82) is 0 Å². The Morgan fingerprint density at radius 3 is 2.59 bits per heavy atom. The van der Waals surface area contributed by atoms with Gasteiger partial charge >= 0.3 is 0 Å². The average Bonchev–Trinajstić information content (AvgIpc) is 3.66. The predicted octanol–water partition coefficient (Wildman–Crippen LogP) is 5.11. The molecule has 3 aromatic heterocycles. The fourth-order valence-electron chi connectivity index (χ4n) is 5.09. The third kappa shape index (κ3) is 6.92.